The number of furan rings is 1. The lowest BCUT2D eigenvalue weighted by molar-refractivity contribution is -0.118. The highest BCUT2D eigenvalue weighted by molar-refractivity contribution is 7.99. The Morgan fingerprint density at radius 3 is 2.81 bits per heavy atom. The molecule has 160 valence electrons. The van der Waals surface area contributed by atoms with Gasteiger partial charge in [-0.25, -0.2) is 4.98 Å². The summed E-state index contributed by atoms with van der Waals surface area (Å²) in [5.74, 6) is 1.16. The maximum Gasteiger partial charge on any atom is 0.267 e. The largest absolute Gasteiger partial charge is 0.495 e. The van der Waals surface area contributed by atoms with Gasteiger partial charge in [-0.15, -0.1) is 11.3 Å². The van der Waals surface area contributed by atoms with Crippen LogP contribution in [0.5, 0.6) is 5.75 Å². The van der Waals surface area contributed by atoms with E-state index in [-0.39, 0.29) is 17.2 Å². The number of nitrogens with zero attached hydrogens (tertiary/aromatic N) is 2. The Labute approximate surface area is 187 Å². The number of carbonyl (C=O) groups excluding carboxylic acids is 1. The molecule has 0 unspecified atom stereocenters. The molecular formula is C22H21N3O4S2. The first kappa shape index (κ1) is 21.2. The molecule has 31 heavy (non-hydrogen) atoms. The van der Waals surface area contributed by atoms with Gasteiger partial charge in [-0.3, -0.25) is 14.2 Å². The second-order valence-corrected chi connectivity index (χ2v) is 8.96. The second kappa shape index (κ2) is 8.99. The average Bonchev–Trinajstić information content (AvgIpc) is 3.39. The molecule has 3 aromatic heterocycles. The molecule has 1 N–H and O–H groups in total. The highest BCUT2D eigenvalue weighted by Crippen LogP contribution is 2.31. The van der Waals surface area contributed by atoms with Gasteiger partial charge in [-0.2, -0.15) is 0 Å². The molecule has 1 amide bonds. The van der Waals surface area contributed by atoms with Crippen molar-refractivity contribution in [3.63, 3.8) is 0 Å². The minimum atomic E-state index is -0.180. The van der Waals surface area contributed by atoms with Crippen molar-refractivity contribution in [2.75, 3.05) is 12.9 Å². The summed E-state index contributed by atoms with van der Waals surface area (Å²) in [4.78, 5) is 32.4. The van der Waals surface area contributed by atoms with E-state index in [1.54, 1.807) is 31.6 Å². The number of aromatic nitrogens is 2. The molecule has 7 nitrogen and oxygen atoms in total. The number of hydrogen-bond donors (Lipinski definition) is 1. The monoisotopic (exact) mass is 455 g/mol. The van der Waals surface area contributed by atoms with Gasteiger partial charge in [0.05, 0.1) is 36.7 Å². The van der Waals surface area contributed by atoms with Crippen LogP contribution in [0.25, 0.3) is 15.9 Å². The van der Waals surface area contributed by atoms with E-state index in [0.717, 1.165) is 10.4 Å². The van der Waals surface area contributed by atoms with Crippen LogP contribution in [0.4, 0.5) is 0 Å². The molecule has 0 fully saturated rings. The second-order valence-electron chi connectivity index (χ2n) is 6.81. The smallest absolute Gasteiger partial charge is 0.267 e. The number of amides is 1. The number of nitrogens with one attached hydrogen (secondary N) is 1. The van der Waals surface area contributed by atoms with Crippen molar-refractivity contribution >= 4 is 39.2 Å². The average molecular weight is 456 g/mol. The SMILES string of the molecule is COc1ccccc1-n1c(SCC(=O)NCc2ccco2)nc2sc(C)c(C)c2c1=O. The summed E-state index contributed by atoms with van der Waals surface area (Å²) < 4.78 is 12.2. The number of thioether (sulfide) groups is 1. The van der Waals surface area contributed by atoms with Gasteiger partial charge in [0.15, 0.2) is 5.16 Å². The van der Waals surface area contributed by atoms with Gasteiger partial charge in [-0.1, -0.05) is 23.9 Å². The summed E-state index contributed by atoms with van der Waals surface area (Å²) >= 11 is 2.69. The number of carbonyl (C=O) groups is 1. The third-order valence-corrected chi connectivity index (χ3v) is 6.91. The Balaban J connectivity index is 1.71. The zero-order valence-electron chi connectivity index (χ0n) is 17.3. The third kappa shape index (κ3) is 4.24. The van der Waals surface area contributed by atoms with E-state index < -0.39 is 0 Å². The standard InChI is InChI=1S/C22H21N3O4S2/c1-13-14(2)31-20-19(13)21(27)25(16-8-4-5-9-17(16)28-3)22(24-20)30-12-18(26)23-11-15-7-6-10-29-15/h4-10H,11-12H2,1-3H3,(H,23,26). The quantitative estimate of drug-likeness (QED) is 0.334. The van der Waals surface area contributed by atoms with Crippen molar-refractivity contribution < 1.29 is 13.9 Å². The van der Waals surface area contributed by atoms with Crippen molar-refractivity contribution in [2.24, 2.45) is 0 Å². The molecule has 0 spiro atoms. The lowest BCUT2D eigenvalue weighted by Crippen LogP contribution is -2.26. The number of hydrogen-bond acceptors (Lipinski definition) is 7. The zero-order valence-corrected chi connectivity index (χ0v) is 18.9. The summed E-state index contributed by atoms with van der Waals surface area (Å²) in [7, 11) is 1.56. The molecule has 0 bridgehead atoms. The number of rotatable bonds is 7. The van der Waals surface area contributed by atoms with Crippen molar-refractivity contribution in [3.8, 4) is 11.4 Å². The first-order valence-electron chi connectivity index (χ1n) is 9.57. The van der Waals surface area contributed by atoms with Crippen LogP contribution >= 0.6 is 23.1 Å². The summed E-state index contributed by atoms with van der Waals surface area (Å²) in [5.41, 5.74) is 1.34. The number of benzene rings is 1. The molecule has 0 saturated heterocycles. The number of thiophene rings is 1. The molecule has 1 aromatic carbocycles. The number of methoxy groups -OCH3 is 1. The maximum absolute atomic E-state index is 13.5. The van der Waals surface area contributed by atoms with Gasteiger partial charge in [0, 0.05) is 4.88 Å². The molecule has 4 aromatic rings. The van der Waals surface area contributed by atoms with Crippen LogP contribution in [0.3, 0.4) is 0 Å². The Morgan fingerprint density at radius 1 is 1.26 bits per heavy atom. The van der Waals surface area contributed by atoms with Crippen LogP contribution in [0.1, 0.15) is 16.2 Å². The Kier molecular flexibility index (Phi) is 6.15. The molecule has 4 rings (SSSR count). The van der Waals surface area contributed by atoms with Crippen LogP contribution in [-0.4, -0.2) is 28.3 Å². The number of fused-ring (bicyclic) bond motifs is 1. The summed E-state index contributed by atoms with van der Waals surface area (Å²) in [6.07, 6.45) is 1.56. The van der Waals surface area contributed by atoms with Gasteiger partial charge in [-0.05, 0) is 43.7 Å². The summed E-state index contributed by atoms with van der Waals surface area (Å²) in [6.45, 7) is 4.21. The first-order chi connectivity index (χ1) is 15.0. The highest BCUT2D eigenvalue weighted by Gasteiger charge is 2.20. The van der Waals surface area contributed by atoms with E-state index in [4.69, 9.17) is 14.1 Å². The molecule has 0 saturated carbocycles. The predicted molar refractivity (Wildman–Crippen MR) is 123 cm³/mol. The van der Waals surface area contributed by atoms with Gasteiger partial charge in [0.1, 0.15) is 16.3 Å². The van der Waals surface area contributed by atoms with Crippen LogP contribution < -0.4 is 15.6 Å². The van der Waals surface area contributed by atoms with Crippen molar-refractivity contribution in [2.45, 2.75) is 25.5 Å². The summed E-state index contributed by atoms with van der Waals surface area (Å²) in [6, 6.07) is 10.8. The van der Waals surface area contributed by atoms with Crippen molar-refractivity contribution in [3.05, 3.63) is 69.2 Å². The Bertz CT molecular complexity index is 1290. The first-order valence-corrected chi connectivity index (χ1v) is 11.4. The number of para-hydroxylation sites is 2. The molecule has 0 atom stereocenters. The lowest BCUT2D eigenvalue weighted by Gasteiger charge is -2.15. The van der Waals surface area contributed by atoms with Crippen LogP contribution in [-0.2, 0) is 11.3 Å². The minimum Gasteiger partial charge on any atom is -0.495 e. The molecule has 9 heteroatoms. The topological polar surface area (TPSA) is 86.4 Å². The normalized spacial score (nSPS) is 11.1. The fraction of sp³-hybridized carbons (Fsp3) is 0.227. The molecular weight excluding hydrogens is 434 g/mol. The fourth-order valence-corrected chi connectivity index (χ4v) is 5.08. The molecule has 0 aliphatic carbocycles. The van der Waals surface area contributed by atoms with E-state index in [1.807, 2.05) is 32.0 Å². The zero-order chi connectivity index (χ0) is 22.0. The van der Waals surface area contributed by atoms with Gasteiger partial charge >= 0.3 is 0 Å². The number of aryl methyl sites for hydroxylation is 2. The van der Waals surface area contributed by atoms with E-state index >= 15 is 0 Å². The van der Waals surface area contributed by atoms with Crippen LogP contribution in [0.2, 0.25) is 0 Å². The highest BCUT2D eigenvalue weighted by atomic mass is 32.2. The van der Waals surface area contributed by atoms with Crippen molar-refractivity contribution in [1.82, 2.24) is 14.9 Å². The predicted octanol–water partition coefficient (Wildman–Crippen LogP) is 4.07. The van der Waals surface area contributed by atoms with Gasteiger partial charge in [0.25, 0.3) is 5.56 Å². The van der Waals surface area contributed by atoms with E-state index in [9.17, 15) is 9.59 Å². The fourth-order valence-electron chi connectivity index (χ4n) is 3.18. The van der Waals surface area contributed by atoms with E-state index in [1.165, 1.54) is 27.7 Å². The summed E-state index contributed by atoms with van der Waals surface area (Å²) in [5, 5.41) is 3.85. The van der Waals surface area contributed by atoms with E-state index in [0.29, 0.717) is 39.1 Å². The van der Waals surface area contributed by atoms with Crippen LogP contribution in [0, 0.1) is 13.8 Å². The molecule has 0 radical (unpaired) electrons. The van der Waals surface area contributed by atoms with Crippen molar-refractivity contribution in [1.29, 1.82) is 0 Å². The third-order valence-electron chi connectivity index (χ3n) is 4.87. The van der Waals surface area contributed by atoms with E-state index in [2.05, 4.69) is 5.32 Å². The van der Waals surface area contributed by atoms with Gasteiger partial charge < -0.3 is 14.5 Å². The van der Waals surface area contributed by atoms with Crippen LogP contribution in [0.15, 0.2) is 57.0 Å². The van der Waals surface area contributed by atoms with Gasteiger partial charge in [0.2, 0.25) is 5.91 Å². The molecule has 3 heterocycles. The Hall–Kier alpha value is -3.04. The Morgan fingerprint density at radius 2 is 2.06 bits per heavy atom. The maximum atomic E-state index is 13.5. The molecule has 0 aliphatic heterocycles. The minimum absolute atomic E-state index is 0.108. The molecule has 0 aliphatic rings. The number of ether oxygens (including phenoxy) is 1. The lowest BCUT2D eigenvalue weighted by atomic mass is 10.2.